The number of ether oxygens (including phenoxy) is 1. The first-order chi connectivity index (χ1) is 33.4. The molecular formula is C59H108N2O7P+. The van der Waals surface area contributed by atoms with E-state index in [9.17, 15) is 19.0 Å². The first-order valence-electron chi connectivity index (χ1n) is 28.3. The van der Waals surface area contributed by atoms with Gasteiger partial charge < -0.3 is 19.4 Å². The quantitative estimate of drug-likeness (QED) is 0.0205. The van der Waals surface area contributed by atoms with Crippen LogP contribution in [0.5, 0.6) is 0 Å². The molecular weight excluding hydrogens is 880 g/mol. The maximum Gasteiger partial charge on any atom is 0.472 e. The van der Waals surface area contributed by atoms with Crippen LogP contribution in [-0.2, 0) is 27.9 Å². The number of allylic oxidation sites excluding steroid dienone is 11. The Balaban J connectivity index is 5.40. The molecule has 9 nitrogen and oxygen atoms in total. The Morgan fingerprint density at radius 3 is 1.42 bits per heavy atom. The highest BCUT2D eigenvalue weighted by Gasteiger charge is 2.30. The van der Waals surface area contributed by atoms with Crippen molar-refractivity contribution in [1.29, 1.82) is 0 Å². The number of likely N-dealkylation sites (N-methyl/N-ethyl adjacent to an activating group) is 1. The molecule has 0 fully saturated rings. The highest BCUT2D eigenvalue weighted by Crippen LogP contribution is 2.43. The van der Waals surface area contributed by atoms with Crippen LogP contribution in [0, 0.1) is 0 Å². The molecule has 69 heavy (non-hydrogen) atoms. The van der Waals surface area contributed by atoms with Crippen molar-refractivity contribution < 1.29 is 37.3 Å². The maximum atomic E-state index is 13.5. The fourth-order valence-electron chi connectivity index (χ4n) is 7.75. The van der Waals surface area contributed by atoms with E-state index in [-0.39, 0.29) is 31.5 Å². The topological polar surface area (TPSA) is 111 Å². The summed E-state index contributed by atoms with van der Waals surface area (Å²) in [7, 11) is 1.47. The molecule has 0 bridgehead atoms. The van der Waals surface area contributed by atoms with Crippen molar-refractivity contribution in [2.24, 2.45) is 0 Å². The standard InChI is InChI=1S/C59H107N2O7P/c1-7-10-13-16-19-22-25-28-30-31-32-34-37-40-43-46-49-52-59(63)68-57(50-47-44-41-38-35-27-24-21-18-15-12-9-3)56(55-67-69(64,65)66-54-53-61(4,5)6)60-58(62)51-48-45-42-39-36-33-29-26-23-20-17-14-11-8-2/h11,14,19-20,22-23,28-30,33,47,50,56-57H,7-10,12-13,15-18,21,24-27,31-32,34-46,48-49,51-55H2,1-6H3,(H-,60,62,64,65)/p+1/b14-11+,22-19-,23-20+,30-28-,33-29+,50-47+. The molecule has 10 heteroatoms. The van der Waals surface area contributed by atoms with Crippen LogP contribution in [0.1, 0.15) is 239 Å². The lowest BCUT2D eigenvalue weighted by atomic mass is 10.0. The largest absolute Gasteiger partial charge is 0.472 e. The zero-order valence-electron chi connectivity index (χ0n) is 45.5. The maximum absolute atomic E-state index is 13.5. The second kappa shape index (κ2) is 49.0. The number of nitrogens with zero attached hydrogens (tertiary/aromatic N) is 1. The third-order valence-electron chi connectivity index (χ3n) is 12.1. The van der Waals surface area contributed by atoms with E-state index in [1.807, 2.05) is 33.3 Å². The minimum absolute atomic E-state index is 0.0317. The molecule has 0 aromatic carbocycles. The number of esters is 1. The molecule has 0 aromatic rings. The van der Waals surface area contributed by atoms with Gasteiger partial charge in [-0.15, -0.1) is 0 Å². The Morgan fingerprint density at radius 1 is 0.522 bits per heavy atom. The normalized spacial score (nSPS) is 14.4. The zero-order chi connectivity index (χ0) is 50.8. The predicted octanol–water partition coefficient (Wildman–Crippen LogP) is 16.9. The summed E-state index contributed by atoms with van der Waals surface area (Å²) in [5.41, 5.74) is 0. The summed E-state index contributed by atoms with van der Waals surface area (Å²) in [6, 6.07) is -0.864. The van der Waals surface area contributed by atoms with Crippen molar-refractivity contribution in [3.05, 3.63) is 72.9 Å². The number of unbranched alkanes of at least 4 members (excludes halogenated alkanes) is 24. The van der Waals surface area contributed by atoms with Gasteiger partial charge in [0.1, 0.15) is 19.3 Å². The molecule has 0 heterocycles. The van der Waals surface area contributed by atoms with Crippen molar-refractivity contribution in [3.63, 3.8) is 0 Å². The smallest absolute Gasteiger partial charge is 0.456 e. The Bertz CT molecular complexity index is 1420. The van der Waals surface area contributed by atoms with E-state index in [1.165, 1.54) is 96.3 Å². The number of carbonyl (C=O) groups excluding carboxylic acids is 2. The lowest BCUT2D eigenvalue weighted by Crippen LogP contribution is -2.47. The summed E-state index contributed by atoms with van der Waals surface area (Å²) < 4.78 is 30.6. The summed E-state index contributed by atoms with van der Waals surface area (Å²) in [5.74, 6) is -0.542. The average molecular weight is 988 g/mol. The fourth-order valence-corrected chi connectivity index (χ4v) is 8.48. The van der Waals surface area contributed by atoms with Crippen LogP contribution in [-0.4, -0.2) is 74.3 Å². The van der Waals surface area contributed by atoms with Crippen LogP contribution in [0.2, 0.25) is 0 Å². The van der Waals surface area contributed by atoms with Crippen LogP contribution in [0.3, 0.4) is 0 Å². The van der Waals surface area contributed by atoms with Gasteiger partial charge in [0.05, 0.1) is 33.8 Å². The molecule has 0 aliphatic heterocycles. The molecule has 3 atom stereocenters. The van der Waals surface area contributed by atoms with Gasteiger partial charge in [-0.3, -0.25) is 18.6 Å². The van der Waals surface area contributed by atoms with E-state index < -0.39 is 20.0 Å². The van der Waals surface area contributed by atoms with Crippen LogP contribution in [0.4, 0.5) is 0 Å². The van der Waals surface area contributed by atoms with Gasteiger partial charge in [-0.25, -0.2) is 4.57 Å². The lowest BCUT2D eigenvalue weighted by molar-refractivity contribution is -0.870. The Hall–Kier alpha value is -2.55. The SMILES string of the molecule is CC/C=C/C/C=C/C/C=C/CCCCCCC(=O)NC(COP(=O)(O)OCC[N+](C)(C)C)C(/C=C/CCCCCCCCCCCC)OC(=O)CCCCCCCCC/C=C\C/C=C\CCCCC. The molecule has 0 aromatic heterocycles. The van der Waals surface area contributed by atoms with Crippen LogP contribution < -0.4 is 5.32 Å². The van der Waals surface area contributed by atoms with Crippen LogP contribution in [0.25, 0.3) is 0 Å². The first-order valence-corrected chi connectivity index (χ1v) is 29.8. The highest BCUT2D eigenvalue weighted by atomic mass is 31.2. The van der Waals surface area contributed by atoms with E-state index in [0.29, 0.717) is 17.4 Å². The van der Waals surface area contributed by atoms with Gasteiger partial charge in [0.15, 0.2) is 0 Å². The van der Waals surface area contributed by atoms with Crippen LogP contribution >= 0.6 is 7.82 Å². The Morgan fingerprint density at radius 2 is 0.928 bits per heavy atom. The van der Waals surface area contributed by atoms with Gasteiger partial charge in [-0.05, 0) is 96.0 Å². The lowest BCUT2D eigenvalue weighted by Gasteiger charge is -2.27. The van der Waals surface area contributed by atoms with Gasteiger partial charge >= 0.3 is 13.8 Å². The molecule has 400 valence electrons. The van der Waals surface area contributed by atoms with Crippen LogP contribution in [0.15, 0.2) is 72.9 Å². The minimum Gasteiger partial charge on any atom is -0.456 e. The van der Waals surface area contributed by atoms with E-state index in [2.05, 4.69) is 86.8 Å². The number of phosphoric ester groups is 1. The third-order valence-corrected chi connectivity index (χ3v) is 13.1. The minimum atomic E-state index is -4.45. The van der Waals surface area contributed by atoms with Gasteiger partial charge in [0.2, 0.25) is 5.91 Å². The summed E-state index contributed by atoms with van der Waals surface area (Å²) in [6.07, 6.45) is 61.8. The predicted molar refractivity (Wildman–Crippen MR) is 295 cm³/mol. The van der Waals surface area contributed by atoms with Gasteiger partial charge in [-0.2, -0.15) is 0 Å². The molecule has 0 aliphatic carbocycles. The Kier molecular flexibility index (Phi) is 47.2. The molecule has 3 unspecified atom stereocenters. The number of hydrogen-bond acceptors (Lipinski definition) is 6. The molecule has 0 rings (SSSR count). The van der Waals surface area contributed by atoms with E-state index in [4.69, 9.17) is 13.8 Å². The summed E-state index contributed by atoms with van der Waals surface area (Å²) >= 11 is 0. The number of quaternary nitrogens is 1. The van der Waals surface area contributed by atoms with Crippen molar-refractivity contribution in [2.75, 3.05) is 40.9 Å². The number of nitrogens with one attached hydrogen (secondary N) is 1. The molecule has 0 aliphatic rings. The monoisotopic (exact) mass is 988 g/mol. The van der Waals surface area contributed by atoms with E-state index in [1.54, 1.807) is 0 Å². The van der Waals surface area contributed by atoms with Crippen molar-refractivity contribution >= 4 is 19.7 Å². The second-order valence-corrected chi connectivity index (χ2v) is 21.5. The highest BCUT2D eigenvalue weighted by molar-refractivity contribution is 7.47. The molecule has 0 saturated heterocycles. The summed E-state index contributed by atoms with van der Waals surface area (Å²) in [5, 5.41) is 3.03. The van der Waals surface area contributed by atoms with E-state index in [0.717, 1.165) is 109 Å². The van der Waals surface area contributed by atoms with Crippen molar-refractivity contribution in [2.45, 2.75) is 251 Å². The van der Waals surface area contributed by atoms with Gasteiger partial charge in [0.25, 0.3) is 0 Å². The van der Waals surface area contributed by atoms with Crippen molar-refractivity contribution in [1.82, 2.24) is 5.32 Å². The molecule has 0 radical (unpaired) electrons. The Labute approximate surface area is 425 Å². The van der Waals surface area contributed by atoms with Crippen molar-refractivity contribution in [3.8, 4) is 0 Å². The third kappa shape index (κ3) is 50.2. The first kappa shape index (κ1) is 66.5. The zero-order valence-corrected chi connectivity index (χ0v) is 46.4. The van der Waals surface area contributed by atoms with Gasteiger partial charge in [0, 0.05) is 12.8 Å². The molecule has 1 amide bonds. The summed E-state index contributed by atoms with van der Waals surface area (Å²) in [4.78, 5) is 37.5. The van der Waals surface area contributed by atoms with Gasteiger partial charge in [-0.1, -0.05) is 203 Å². The number of amides is 1. The van der Waals surface area contributed by atoms with E-state index >= 15 is 0 Å². The fraction of sp³-hybridized carbons (Fsp3) is 0.763. The number of hydrogen-bond donors (Lipinski definition) is 2. The molecule has 0 saturated carbocycles. The number of rotatable bonds is 50. The second-order valence-electron chi connectivity index (χ2n) is 20.1. The summed E-state index contributed by atoms with van der Waals surface area (Å²) in [6.45, 7) is 6.84. The molecule has 2 N–H and O–H groups in total. The number of carbonyl (C=O) groups is 2. The molecule has 0 spiro atoms. The average Bonchev–Trinajstić information content (AvgIpc) is 3.31. The number of phosphoric acid groups is 1.